The standard InChI is InChI=1S/C22H21NO6/c1-12-19(17-7-5-6-8-18(17)23-12)20(24)13(2)29-16-10-14(21(25)27-3)9-15(11-16)22(26)28-4/h5-11,13,23H,1-4H3. The first-order chi connectivity index (χ1) is 13.8. The Labute approximate surface area is 167 Å². The number of hydrogen-bond acceptors (Lipinski definition) is 6. The third kappa shape index (κ3) is 3.99. The first kappa shape index (κ1) is 20.1. The number of esters is 2. The van der Waals surface area contributed by atoms with Crippen LogP contribution in [-0.2, 0) is 9.47 Å². The van der Waals surface area contributed by atoms with E-state index in [1.807, 2.05) is 31.2 Å². The maximum atomic E-state index is 13.1. The second-order valence-corrected chi connectivity index (χ2v) is 6.52. The molecule has 1 N–H and O–H groups in total. The van der Waals surface area contributed by atoms with Gasteiger partial charge >= 0.3 is 11.9 Å². The van der Waals surface area contributed by atoms with Crippen molar-refractivity contribution < 1.29 is 28.6 Å². The molecule has 0 aliphatic heterocycles. The summed E-state index contributed by atoms with van der Waals surface area (Å²) in [6, 6.07) is 11.7. The topological polar surface area (TPSA) is 94.7 Å². The summed E-state index contributed by atoms with van der Waals surface area (Å²) in [5.41, 5.74) is 2.39. The van der Waals surface area contributed by atoms with Crippen molar-refractivity contribution in [2.75, 3.05) is 14.2 Å². The van der Waals surface area contributed by atoms with Crippen LogP contribution in [0.5, 0.6) is 5.75 Å². The highest BCUT2D eigenvalue weighted by atomic mass is 16.5. The van der Waals surface area contributed by atoms with Crippen LogP contribution in [0.1, 0.15) is 43.7 Å². The van der Waals surface area contributed by atoms with E-state index in [9.17, 15) is 14.4 Å². The lowest BCUT2D eigenvalue weighted by Gasteiger charge is -2.15. The SMILES string of the molecule is COC(=O)c1cc(OC(C)C(=O)c2c(C)[nH]c3ccccc23)cc(C(=O)OC)c1. The molecule has 29 heavy (non-hydrogen) atoms. The fourth-order valence-electron chi connectivity index (χ4n) is 3.19. The summed E-state index contributed by atoms with van der Waals surface area (Å²) in [7, 11) is 2.47. The third-order valence-corrected chi connectivity index (χ3v) is 4.57. The molecular weight excluding hydrogens is 374 g/mol. The van der Waals surface area contributed by atoms with E-state index in [0.717, 1.165) is 16.6 Å². The number of aryl methyl sites for hydroxylation is 1. The number of para-hydroxylation sites is 1. The van der Waals surface area contributed by atoms with Gasteiger partial charge in [-0.25, -0.2) is 9.59 Å². The van der Waals surface area contributed by atoms with Gasteiger partial charge in [0.2, 0.25) is 5.78 Å². The van der Waals surface area contributed by atoms with E-state index in [0.29, 0.717) is 5.56 Å². The minimum absolute atomic E-state index is 0.119. The average Bonchev–Trinajstić information content (AvgIpc) is 3.07. The van der Waals surface area contributed by atoms with Crippen molar-refractivity contribution in [3.63, 3.8) is 0 Å². The number of ketones is 1. The van der Waals surface area contributed by atoms with Crippen LogP contribution in [-0.4, -0.2) is 43.0 Å². The van der Waals surface area contributed by atoms with Gasteiger partial charge < -0.3 is 19.2 Å². The molecule has 0 fully saturated rings. The summed E-state index contributed by atoms with van der Waals surface area (Å²) in [5.74, 6) is -1.30. The highest BCUT2D eigenvalue weighted by Crippen LogP contribution is 2.26. The lowest BCUT2D eigenvalue weighted by atomic mass is 10.0. The minimum atomic E-state index is -0.855. The van der Waals surface area contributed by atoms with E-state index in [1.165, 1.54) is 32.4 Å². The number of rotatable bonds is 6. The number of aromatic nitrogens is 1. The molecule has 0 aliphatic rings. The van der Waals surface area contributed by atoms with Gasteiger partial charge in [-0.3, -0.25) is 4.79 Å². The number of nitrogens with one attached hydrogen (secondary N) is 1. The Balaban J connectivity index is 1.94. The lowest BCUT2D eigenvalue weighted by Crippen LogP contribution is -2.24. The summed E-state index contributed by atoms with van der Waals surface area (Å²) < 4.78 is 15.2. The van der Waals surface area contributed by atoms with Crippen molar-refractivity contribution in [1.82, 2.24) is 4.98 Å². The fraction of sp³-hybridized carbons (Fsp3) is 0.227. The van der Waals surface area contributed by atoms with Crippen LogP contribution < -0.4 is 4.74 Å². The number of methoxy groups -OCH3 is 2. The van der Waals surface area contributed by atoms with Crippen molar-refractivity contribution in [2.45, 2.75) is 20.0 Å². The second kappa shape index (κ2) is 8.18. The van der Waals surface area contributed by atoms with Gasteiger partial charge in [0.1, 0.15) is 5.75 Å². The Morgan fingerprint density at radius 3 is 2.10 bits per heavy atom. The van der Waals surface area contributed by atoms with Crippen LogP contribution >= 0.6 is 0 Å². The fourth-order valence-corrected chi connectivity index (χ4v) is 3.19. The molecule has 1 heterocycles. The first-order valence-electron chi connectivity index (χ1n) is 8.95. The number of ether oxygens (including phenoxy) is 3. The molecule has 0 saturated heterocycles. The van der Waals surface area contributed by atoms with Crippen LogP contribution in [0.4, 0.5) is 0 Å². The zero-order chi connectivity index (χ0) is 21.1. The summed E-state index contributed by atoms with van der Waals surface area (Å²) in [6.07, 6.45) is -0.855. The van der Waals surface area contributed by atoms with Gasteiger partial charge in [0.15, 0.2) is 6.10 Å². The zero-order valence-electron chi connectivity index (χ0n) is 16.6. The summed E-state index contributed by atoms with van der Waals surface area (Å²) in [5, 5.41) is 0.809. The Hall–Kier alpha value is -3.61. The van der Waals surface area contributed by atoms with E-state index in [2.05, 4.69) is 4.98 Å². The summed E-state index contributed by atoms with van der Waals surface area (Å²) in [4.78, 5) is 40.1. The largest absolute Gasteiger partial charge is 0.483 e. The van der Waals surface area contributed by atoms with Crippen LogP contribution in [0.15, 0.2) is 42.5 Å². The molecule has 0 amide bonds. The number of aromatic amines is 1. The Bertz CT molecular complexity index is 1060. The molecule has 3 aromatic rings. The van der Waals surface area contributed by atoms with Crippen molar-refractivity contribution in [1.29, 1.82) is 0 Å². The molecule has 1 unspecified atom stereocenters. The van der Waals surface area contributed by atoms with E-state index in [4.69, 9.17) is 14.2 Å². The average molecular weight is 395 g/mol. The second-order valence-electron chi connectivity index (χ2n) is 6.52. The van der Waals surface area contributed by atoms with Crippen LogP contribution in [0, 0.1) is 6.92 Å². The highest BCUT2D eigenvalue weighted by molar-refractivity contribution is 6.11. The molecule has 7 heteroatoms. The monoisotopic (exact) mass is 395 g/mol. The molecule has 150 valence electrons. The molecule has 0 bridgehead atoms. The molecule has 2 aromatic carbocycles. The van der Waals surface area contributed by atoms with Gasteiger partial charge in [-0.05, 0) is 38.1 Å². The van der Waals surface area contributed by atoms with Gasteiger partial charge in [-0.2, -0.15) is 0 Å². The number of carbonyl (C=O) groups excluding carboxylic acids is 3. The molecule has 1 aromatic heterocycles. The zero-order valence-corrected chi connectivity index (χ0v) is 16.6. The van der Waals surface area contributed by atoms with Crippen LogP contribution in [0.2, 0.25) is 0 Å². The van der Waals surface area contributed by atoms with E-state index < -0.39 is 18.0 Å². The van der Waals surface area contributed by atoms with E-state index in [1.54, 1.807) is 6.92 Å². The normalized spacial score (nSPS) is 11.7. The number of H-pyrrole nitrogens is 1. The predicted octanol–water partition coefficient (Wildman–Crippen LogP) is 3.70. The summed E-state index contributed by atoms with van der Waals surface area (Å²) in [6.45, 7) is 3.44. The van der Waals surface area contributed by atoms with Gasteiger partial charge in [0.25, 0.3) is 0 Å². The van der Waals surface area contributed by atoms with Crippen LogP contribution in [0.25, 0.3) is 10.9 Å². The highest BCUT2D eigenvalue weighted by Gasteiger charge is 2.24. The molecule has 0 aliphatic carbocycles. The van der Waals surface area contributed by atoms with E-state index >= 15 is 0 Å². The Morgan fingerprint density at radius 1 is 0.931 bits per heavy atom. The van der Waals surface area contributed by atoms with Crippen molar-refractivity contribution in [2.24, 2.45) is 0 Å². The molecule has 7 nitrogen and oxygen atoms in total. The summed E-state index contributed by atoms with van der Waals surface area (Å²) >= 11 is 0. The van der Waals surface area contributed by atoms with Gasteiger partial charge in [-0.15, -0.1) is 0 Å². The first-order valence-corrected chi connectivity index (χ1v) is 8.95. The number of carbonyl (C=O) groups is 3. The molecule has 0 radical (unpaired) electrons. The predicted molar refractivity (Wildman–Crippen MR) is 107 cm³/mol. The Morgan fingerprint density at radius 2 is 1.52 bits per heavy atom. The third-order valence-electron chi connectivity index (χ3n) is 4.57. The number of hydrogen-bond donors (Lipinski definition) is 1. The molecular formula is C22H21NO6. The van der Waals surface area contributed by atoms with Gasteiger partial charge in [0, 0.05) is 22.2 Å². The number of benzene rings is 2. The van der Waals surface area contributed by atoms with Crippen LogP contribution in [0.3, 0.4) is 0 Å². The van der Waals surface area contributed by atoms with Gasteiger partial charge in [0.05, 0.1) is 25.3 Å². The van der Waals surface area contributed by atoms with Gasteiger partial charge in [-0.1, -0.05) is 18.2 Å². The lowest BCUT2D eigenvalue weighted by molar-refractivity contribution is 0.0598. The molecule has 1 atom stereocenters. The smallest absolute Gasteiger partial charge is 0.338 e. The molecule has 3 rings (SSSR count). The molecule has 0 spiro atoms. The van der Waals surface area contributed by atoms with Crippen molar-refractivity contribution in [3.8, 4) is 5.75 Å². The number of Topliss-reactive ketones (excluding diaryl/α,β-unsaturated/α-hetero) is 1. The maximum Gasteiger partial charge on any atom is 0.338 e. The van der Waals surface area contributed by atoms with E-state index in [-0.39, 0.29) is 22.7 Å². The maximum absolute atomic E-state index is 13.1. The minimum Gasteiger partial charge on any atom is -0.483 e. The molecule has 0 saturated carbocycles. The van der Waals surface area contributed by atoms with Crippen molar-refractivity contribution in [3.05, 3.63) is 64.8 Å². The quantitative estimate of drug-likeness (QED) is 0.505. The number of fused-ring (bicyclic) bond motifs is 1. The van der Waals surface area contributed by atoms with Crippen molar-refractivity contribution >= 4 is 28.6 Å². The Kier molecular flexibility index (Phi) is 5.68.